The normalized spacial score (nSPS) is 35.9. The highest BCUT2D eigenvalue weighted by molar-refractivity contribution is 5.37. The maximum atomic E-state index is 11.3. The lowest BCUT2D eigenvalue weighted by Crippen LogP contribution is -2.59. The van der Waals surface area contributed by atoms with Crippen molar-refractivity contribution in [1.82, 2.24) is 0 Å². The zero-order valence-corrected chi connectivity index (χ0v) is 13.0. The van der Waals surface area contributed by atoms with Crippen LogP contribution in [0.25, 0.3) is 0 Å². The predicted molar refractivity (Wildman–Crippen MR) is 84.3 cm³/mol. The molecule has 0 aromatic heterocycles. The van der Waals surface area contributed by atoms with Gasteiger partial charge >= 0.3 is 0 Å². The molecule has 1 aromatic rings. The fourth-order valence-corrected chi connectivity index (χ4v) is 4.14. The average Bonchev–Trinajstić information content (AvgIpc) is 2.55. The molecule has 1 aliphatic carbocycles. The maximum Gasteiger partial charge on any atom is 0.122 e. The molecular weight excluding hydrogens is 262 g/mol. The fraction of sp³-hybridized carbons (Fsp3) is 0.667. The Morgan fingerprint density at radius 3 is 2.67 bits per heavy atom. The smallest absolute Gasteiger partial charge is 0.122 e. The van der Waals surface area contributed by atoms with Crippen molar-refractivity contribution in [2.75, 3.05) is 13.2 Å². The first-order valence-corrected chi connectivity index (χ1v) is 8.26. The van der Waals surface area contributed by atoms with Crippen molar-refractivity contribution >= 4 is 0 Å². The molecule has 1 saturated carbocycles. The van der Waals surface area contributed by atoms with Gasteiger partial charge in [-0.15, -0.1) is 0 Å². The van der Waals surface area contributed by atoms with E-state index in [1.807, 2.05) is 18.2 Å². The molecule has 0 radical (unpaired) electrons. The van der Waals surface area contributed by atoms with Crippen LogP contribution in [-0.4, -0.2) is 23.9 Å². The van der Waals surface area contributed by atoms with Gasteiger partial charge in [0.25, 0.3) is 0 Å². The van der Waals surface area contributed by atoms with Gasteiger partial charge in [-0.2, -0.15) is 0 Å². The van der Waals surface area contributed by atoms with Crippen molar-refractivity contribution in [3.8, 4) is 5.75 Å². The average molecular weight is 289 g/mol. The molecule has 1 aromatic carbocycles. The lowest BCUT2D eigenvalue weighted by molar-refractivity contribution is -0.133. The number of ether oxygens (including phenoxy) is 1. The summed E-state index contributed by atoms with van der Waals surface area (Å²) >= 11 is 0. The van der Waals surface area contributed by atoms with Gasteiger partial charge in [-0.3, -0.25) is 0 Å². The molecule has 1 heterocycles. The van der Waals surface area contributed by atoms with Crippen molar-refractivity contribution < 1.29 is 9.84 Å². The summed E-state index contributed by atoms with van der Waals surface area (Å²) in [7, 11) is 0. The van der Waals surface area contributed by atoms with E-state index in [0.717, 1.165) is 43.8 Å². The number of benzene rings is 1. The zero-order valence-electron chi connectivity index (χ0n) is 13.0. The summed E-state index contributed by atoms with van der Waals surface area (Å²) in [6.07, 6.45) is 5.97. The Balaban J connectivity index is 1.85. The molecule has 21 heavy (non-hydrogen) atoms. The van der Waals surface area contributed by atoms with E-state index in [1.165, 1.54) is 12.0 Å². The topological polar surface area (TPSA) is 55.5 Å². The van der Waals surface area contributed by atoms with Gasteiger partial charge in [-0.25, -0.2) is 0 Å². The van der Waals surface area contributed by atoms with Gasteiger partial charge in [0.2, 0.25) is 0 Å². The summed E-state index contributed by atoms with van der Waals surface area (Å²) in [6, 6.07) is 8.13. The van der Waals surface area contributed by atoms with Crippen molar-refractivity contribution in [1.29, 1.82) is 0 Å². The molecule has 1 atom stereocenters. The van der Waals surface area contributed by atoms with Crippen LogP contribution in [0.2, 0.25) is 0 Å². The SMILES string of the molecule is CCC1CCC(O)(C2(CN)COc3ccccc3C2)CC1. The summed E-state index contributed by atoms with van der Waals surface area (Å²) in [5, 5.41) is 11.3. The van der Waals surface area contributed by atoms with Gasteiger partial charge < -0.3 is 15.6 Å². The minimum atomic E-state index is -0.680. The Hall–Kier alpha value is -1.06. The number of rotatable bonds is 3. The Kier molecular flexibility index (Phi) is 3.98. The first kappa shape index (κ1) is 14.9. The molecule has 2 aliphatic rings. The van der Waals surface area contributed by atoms with Crippen molar-refractivity contribution in [3.05, 3.63) is 29.8 Å². The van der Waals surface area contributed by atoms with Crippen LogP contribution in [0.4, 0.5) is 0 Å². The standard InChI is InChI=1S/C18H27NO2/c1-2-14-7-9-18(20,10-8-14)17(12-19)11-15-5-3-4-6-16(15)21-13-17/h3-6,14,20H,2,7-13,19H2,1H3. The second-order valence-electron chi connectivity index (χ2n) is 6.94. The van der Waals surface area contributed by atoms with Crippen LogP contribution in [0.15, 0.2) is 24.3 Å². The minimum absolute atomic E-state index is 0.333. The van der Waals surface area contributed by atoms with Gasteiger partial charge in [0.1, 0.15) is 5.75 Å². The second-order valence-corrected chi connectivity index (χ2v) is 6.94. The monoisotopic (exact) mass is 289 g/mol. The van der Waals surface area contributed by atoms with Gasteiger partial charge in [-0.05, 0) is 49.7 Å². The molecule has 3 nitrogen and oxygen atoms in total. The zero-order chi connectivity index (χ0) is 14.9. The van der Waals surface area contributed by atoms with E-state index in [1.54, 1.807) is 0 Å². The summed E-state index contributed by atoms with van der Waals surface area (Å²) in [6.45, 7) is 3.26. The number of nitrogens with two attached hydrogens (primary N) is 1. The lowest BCUT2D eigenvalue weighted by Gasteiger charge is -2.51. The van der Waals surface area contributed by atoms with Crippen LogP contribution in [0, 0.1) is 11.3 Å². The Labute approximate surface area is 127 Å². The molecule has 3 heteroatoms. The van der Waals surface area contributed by atoms with Crippen molar-refractivity contribution in [3.63, 3.8) is 0 Å². The lowest BCUT2D eigenvalue weighted by atomic mass is 9.60. The summed E-state index contributed by atoms with van der Waals surface area (Å²) < 4.78 is 5.96. The summed E-state index contributed by atoms with van der Waals surface area (Å²) in [4.78, 5) is 0. The molecule has 0 spiro atoms. The molecule has 1 fully saturated rings. The third-order valence-electron chi connectivity index (χ3n) is 5.89. The molecule has 1 aliphatic heterocycles. The molecule has 1 unspecified atom stereocenters. The maximum absolute atomic E-state index is 11.3. The highest BCUT2D eigenvalue weighted by Gasteiger charge is 2.52. The molecule has 116 valence electrons. The highest BCUT2D eigenvalue weighted by atomic mass is 16.5. The first-order chi connectivity index (χ1) is 10.1. The summed E-state index contributed by atoms with van der Waals surface area (Å²) in [5.74, 6) is 1.71. The number of fused-ring (bicyclic) bond motifs is 1. The van der Waals surface area contributed by atoms with E-state index in [9.17, 15) is 5.11 Å². The van der Waals surface area contributed by atoms with E-state index in [2.05, 4.69) is 13.0 Å². The van der Waals surface area contributed by atoms with Gasteiger partial charge in [0, 0.05) is 12.0 Å². The van der Waals surface area contributed by atoms with E-state index in [4.69, 9.17) is 10.5 Å². The highest BCUT2D eigenvalue weighted by Crippen LogP contribution is 2.49. The Bertz CT molecular complexity index is 494. The van der Waals surface area contributed by atoms with Crippen LogP contribution in [0.1, 0.15) is 44.6 Å². The van der Waals surface area contributed by atoms with Crippen LogP contribution in [-0.2, 0) is 6.42 Å². The molecule has 3 N–H and O–H groups in total. The van der Waals surface area contributed by atoms with E-state index >= 15 is 0 Å². The number of hydrogen-bond acceptors (Lipinski definition) is 3. The Morgan fingerprint density at radius 2 is 2.00 bits per heavy atom. The number of para-hydroxylation sites is 1. The van der Waals surface area contributed by atoms with Crippen LogP contribution >= 0.6 is 0 Å². The number of hydrogen-bond donors (Lipinski definition) is 2. The fourth-order valence-electron chi connectivity index (χ4n) is 4.14. The molecule has 0 bridgehead atoms. The van der Waals surface area contributed by atoms with Crippen molar-refractivity contribution in [2.24, 2.45) is 17.1 Å². The molecule has 0 amide bonds. The predicted octanol–water partition coefficient (Wildman–Crippen LogP) is 2.90. The van der Waals surface area contributed by atoms with Gasteiger partial charge in [-0.1, -0.05) is 31.5 Å². The molecule has 3 rings (SSSR count). The largest absolute Gasteiger partial charge is 0.493 e. The van der Waals surface area contributed by atoms with E-state index in [-0.39, 0.29) is 5.41 Å². The van der Waals surface area contributed by atoms with Crippen LogP contribution in [0.5, 0.6) is 5.75 Å². The minimum Gasteiger partial charge on any atom is -0.493 e. The third-order valence-corrected chi connectivity index (χ3v) is 5.89. The van der Waals surface area contributed by atoms with Gasteiger partial charge in [0.05, 0.1) is 12.2 Å². The van der Waals surface area contributed by atoms with Crippen LogP contribution in [0.3, 0.4) is 0 Å². The van der Waals surface area contributed by atoms with Crippen LogP contribution < -0.4 is 10.5 Å². The number of aliphatic hydroxyl groups is 1. The molecular formula is C18H27NO2. The second kappa shape index (κ2) is 5.62. The van der Waals surface area contributed by atoms with E-state index in [0.29, 0.717) is 13.2 Å². The van der Waals surface area contributed by atoms with Crippen molar-refractivity contribution in [2.45, 2.75) is 51.0 Å². The Morgan fingerprint density at radius 1 is 1.29 bits per heavy atom. The van der Waals surface area contributed by atoms with Gasteiger partial charge in [0.15, 0.2) is 0 Å². The van der Waals surface area contributed by atoms with E-state index < -0.39 is 5.60 Å². The summed E-state index contributed by atoms with van der Waals surface area (Å²) in [5.41, 5.74) is 6.31. The third kappa shape index (κ3) is 2.47. The first-order valence-electron chi connectivity index (χ1n) is 8.26. The quantitative estimate of drug-likeness (QED) is 0.899. The molecule has 0 saturated heterocycles.